The third kappa shape index (κ3) is 4.56. The number of ether oxygens (including phenoxy) is 2. The van der Waals surface area contributed by atoms with E-state index in [9.17, 15) is 22.8 Å². The summed E-state index contributed by atoms with van der Waals surface area (Å²) in [6.07, 6.45) is -4.48. The highest BCUT2D eigenvalue weighted by molar-refractivity contribution is 6.40. The lowest BCUT2D eigenvalue weighted by Crippen LogP contribution is -2.35. The maximum Gasteiger partial charge on any atom is 0.421 e. The van der Waals surface area contributed by atoms with Gasteiger partial charge in [-0.15, -0.1) is 0 Å². The minimum absolute atomic E-state index is 0.0247. The Morgan fingerprint density at radius 1 is 1.06 bits per heavy atom. The van der Waals surface area contributed by atoms with E-state index in [1.165, 1.54) is 24.4 Å². The molecule has 6 nitrogen and oxygen atoms in total. The van der Waals surface area contributed by atoms with Crippen LogP contribution in [0.4, 0.5) is 23.7 Å². The van der Waals surface area contributed by atoms with Crippen molar-refractivity contribution < 1.29 is 32.2 Å². The Morgan fingerprint density at radius 3 is 2.35 bits per heavy atom. The van der Waals surface area contributed by atoms with E-state index < -0.39 is 29.3 Å². The predicted octanol–water partition coefficient (Wildman–Crippen LogP) is 4.88. The molecule has 0 atom stereocenters. The number of imide groups is 1. The number of fused-ring (bicyclic) bond motifs is 1. The van der Waals surface area contributed by atoms with Gasteiger partial charge in [-0.25, -0.2) is 9.69 Å². The maximum atomic E-state index is 14.8. The first-order valence-corrected chi connectivity index (χ1v) is 10.8. The fourth-order valence-corrected chi connectivity index (χ4v) is 4.05. The summed E-state index contributed by atoms with van der Waals surface area (Å²) in [5.41, 5.74) is -1.46. The molecule has 4 rings (SSSR count). The SMILES string of the molecule is CCOC(=O)N1C(=O)/C(=C(\C(=C\N2CCOCC2)c2ccccc2)C(F)(F)F)c2ccccc21. The number of allylic oxidation sites excluding steroid dienone is 2. The monoisotopic (exact) mass is 472 g/mol. The number of carbonyl (C=O) groups is 2. The molecule has 0 radical (unpaired) electrons. The first-order valence-electron chi connectivity index (χ1n) is 10.8. The number of morpholine rings is 1. The highest BCUT2D eigenvalue weighted by Gasteiger charge is 2.47. The van der Waals surface area contributed by atoms with Gasteiger partial charge in [-0.3, -0.25) is 4.79 Å². The van der Waals surface area contributed by atoms with Crippen LogP contribution in [0.15, 0.2) is 66.4 Å². The van der Waals surface area contributed by atoms with Gasteiger partial charge in [0.1, 0.15) is 0 Å². The molecule has 1 saturated heterocycles. The number of hydrogen-bond donors (Lipinski definition) is 0. The normalized spacial score (nSPS) is 18.1. The molecule has 0 saturated carbocycles. The standard InChI is InChI=1S/C25H23F3N2O4/c1-2-34-24(32)30-20-11-7-6-10-18(20)21(23(30)31)22(25(26,27)28)19(17-8-4-3-5-9-17)16-29-12-14-33-15-13-29/h3-11,16H,2,12-15H2,1H3/b19-16+,22-21+. The van der Waals surface area contributed by atoms with Crippen molar-refractivity contribution in [2.24, 2.45) is 0 Å². The Balaban J connectivity index is 1.99. The molecule has 2 aliphatic rings. The molecule has 2 aromatic carbocycles. The van der Waals surface area contributed by atoms with Crippen LogP contribution >= 0.6 is 0 Å². The summed E-state index contributed by atoms with van der Waals surface area (Å²) in [7, 11) is 0. The van der Waals surface area contributed by atoms with Crippen molar-refractivity contribution in [1.82, 2.24) is 4.90 Å². The summed E-state index contributed by atoms with van der Waals surface area (Å²) in [6, 6.07) is 14.0. The van der Waals surface area contributed by atoms with Crippen LogP contribution in [0.25, 0.3) is 11.1 Å². The number of halogens is 3. The number of rotatable bonds is 4. The quantitative estimate of drug-likeness (QED) is 0.594. The van der Waals surface area contributed by atoms with Crippen molar-refractivity contribution in [3.8, 4) is 0 Å². The van der Waals surface area contributed by atoms with Crippen LogP contribution in [0.5, 0.6) is 0 Å². The molecule has 9 heteroatoms. The van der Waals surface area contributed by atoms with Gasteiger partial charge in [-0.2, -0.15) is 13.2 Å². The van der Waals surface area contributed by atoms with Crippen LogP contribution in [0.1, 0.15) is 18.1 Å². The average Bonchev–Trinajstić information content (AvgIpc) is 3.11. The Bertz CT molecular complexity index is 1140. The van der Waals surface area contributed by atoms with E-state index in [4.69, 9.17) is 9.47 Å². The van der Waals surface area contributed by atoms with Gasteiger partial charge in [-0.1, -0.05) is 48.5 Å². The smallest absolute Gasteiger partial charge is 0.421 e. The molecule has 2 aromatic rings. The maximum absolute atomic E-state index is 14.8. The molecule has 2 amide bonds. The van der Waals surface area contributed by atoms with E-state index in [1.807, 2.05) is 0 Å². The van der Waals surface area contributed by atoms with E-state index in [0.717, 1.165) is 0 Å². The highest BCUT2D eigenvalue weighted by Crippen LogP contribution is 2.47. The van der Waals surface area contributed by atoms with Gasteiger partial charge in [0.2, 0.25) is 0 Å². The Kier molecular flexibility index (Phi) is 6.74. The number of amides is 2. The van der Waals surface area contributed by atoms with Gasteiger partial charge < -0.3 is 14.4 Å². The third-order valence-corrected chi connectivity index (χ3v) is 5.53. The lowest BCUT2D eigenvalue weighted by Gasteiger charge is -2.28. The van der Waals surface area contributed by atoms with E-state index in [2.05, 4.69) is 0 Å². The van der Waals surface area contributed by atoms with E-state index >= 15 is 0 Å². The second kappa shape index (κ2) is 9.72. The van der Waals surface area contributed by atoms with Gasteiger partial charge in [0.05, 0.1) is 36.7 Å². The molecular formula is C25H23F3N2O4. The molecule has 34 heavy (non-hydrogen) atoms. The van der Waals surface area contributed by atoms with Crippen molar-refractivity contribution >= 4 is 28.8 Å². The number of benzene rings is 2. The zero-order chi connectivity index (χ0) is 24.3. The Morgan fingerprint density at radius 2 is 1.71 bits per heavy atom. The number of nitrogens with zero attached hydrogens (tertiary/aromatic N) is 2. The number of hydrogen-bond acceptors (Lipinski definition) is 5. The summed E-state index contributed by atoms with van der Waals surface area (Å²) < 4.78 is 54.6. The average molecular weight is 472 g/mol. The molecule has 2 heterocycles. The molecule has 0 aromatic heterocycles. The summed E-state index contributed by atoms with van der Waals surface area (Å²) in [5.74, 6) is -1.07. The summed E-state index contributed by atoms with van der Waals surface area (Å²) >= 11 is 0. The highest BCUT2D eigenvalue weighted by atomic mass is 19.4. The van der Waals surface area contributed by atoms with Crippen LogP contribution < -0.4 is 4.90 Å². The molecular weight excluding hydrogens is 449 g/mol. The lowest BCUT2D eigenvalue weighted by atomic mass is 9.91. The first-order chi connectivity index (χ1) is 16.3. The topological polar surface area (TPSA) is 59.1 Å². The van der Waals surface area contributed by atoms with Crippen LogP contribution in [0.3, 0.4) is 0 Å². The first kappa shape index (κ1) is 23.6. The fourth-order valence-electron chi connectivity index (χ4n) is 4.05. The Hall–Kier alpha value is -3.59. The van der Waals surface area contributed by atoms with Crippen molar-refractivity contribution in [3.05, 3.63) is 77.5 Å². The van der Waals surface area contributed by atoms with E-state index in [1.54, 1.807) is 48.2 Å². The molecule has 0 unspecified atom stereocenters. The van der Waals surface area contributed by atoms with Crippen molar-refractivity contribution in [2.75, 3.05) is 37.8 Å². The molecule has 178 valence electrons. The van der Waals surface area contributed by atoms with Gasteiger partial charge in [0.25, 0.3) is 5.91 Å². The summed E-state index contributed by atoms with van der Waals surface area (Å²) in [6.45, 7) is 3.12. The van der Waals surface area contributed by atoms with Gasteiger partial charge in [0, 0.05) is 30.4 Å². The molecule has 1 fully saturated rings. The van der Waals surface area contributed by atoms with Crippen LogP contribution in [0.2, 0.25) is 0 Å². The molecule has 2 aliphatic heterocycles. The Labute approximate surface area is 194 Å². The van der Waals surface area contributed by atoms with E-state index in [-0.39, 0.29) is 23.4 Å². The van der Waals surface area contributed by atoms with Crippen LogP contribution in [-0.4, -0.2) is 56.0 Å². The zero-order valence-electron chi connectivity index (χ0n) is 18.5. The fraction of sp³-hybridized carbons (Fsp3) is 0.280. The summed E-state index contributed by atoms with van der Waals surface area (Å²) in [4.78, 5) is 28.3. The molecule has 0 bridgehead atoms. The van der Waals surface area contributed by atoms with E-state index in [0.29, 0.717) is 36.8 Å². The predicted molar refractivity (Wildman–Crippen MR) is 121 cm³/mol. The third-order valence-electron chi connectivity index (χ3n) is 5.53. The second-order valence-corrected chi connectivity index (χ2v) is 7.66. The molecule has 0 aliphatic carbocycles. The van der Waals surface area contributed by atoms with Crippen LogP contribution in [0, 0.1) is 0 Å². The van der Waals surface area contributed by atoms with Crippen molar-refractivity contribution in [2.45, 2.75) is 13.1 Å². The minimum atomic E-state index is -4.89. The van der Waals surface area contributed by atoms with Crippen LogP contribution in [-0.2, 0) is 14.3 Å². The minimum Gasteiger partial charge on any atom is -0.449 e. The van der Waals surface area contributed by atoms with Crippen molar-refractivity contribution in [3.63, 3.8) is 0 Å². The second-order valence-electron chi connectivity index (χ2n) is 7.66. The number of para-hydroxylation sites is 1. The number of alkyl halides is 3. The summed E-state index contributed by atoms with van der Waals surface area (Å²) in [5, 5.41) is 0. The molecule has 0 N–H and O–H groups in total. The van der Waals surface area contributed by atoms with Crippen molar-refractivity contribution in [1.29, 1.82) is 0 Å². The largest absolute Gasteiger partial charge is 0.449 e. The van der Waals surface area contributed by atoms with Gasteiger partial charge in [0.15, 0.2) is 0 Å². The van der Waals surface area contributed by atoms with Gasteiger partial charge in [-0.05, 0) is 18.6 Å². The zero-order valence-corrected chi connectivity index (χ0v) is 18.5. The number of carbonyl (C=O) groups excluding carboxylic acids is 2. The van der Waals surface area contributed by atoms with Gasteiger partial charge >= 0.3 is 12.3 Å². The lowest BCUT2D eigenvalue weighted by molar-refractivity contribution is -0.113. The number of anilines is 1. The molecule has 0 spiro atoms.